The minimum atomic E-state index is -1.00. The second-order valence-electron chi connectivity index (χ2n) is 7.42. The number of Topliss-reactive ketones (excluding diaryl/α,β-unsaturated/α-hetero) is 1. The van der Waals surface area contributed by atoms with Crippen LogP contribution in [0.25, 0.3) is 0 Å². The summed E-state index contributed by atoms with van der Waals surface area (Å²) in [6.07, 6.45) is 0.817. The number of carbonyl (C=O) groups excluding carboxylic acids is 5. The zero-order chi connectivity index (χ0) is 22.5. The highest BCUT2D eigenvalue weighted by molar-refractivity contribution is 6.08. The van der Waals surface area contributed by atoms with Crippen molar-refractivity contribution < 1.29 is 28.7 Å². The monoisotopic (exact) mass is 417 g/mol. The lowest BCUT2D eigenvalue weighted by molar-refractivity contribution is -0.146. The Balaban J connectivity index is 1.89. The Kier molecular flexibility index (Phi) is 7.31. The molecule has 1 aliphatic rings. The van der Waals surface area contributed by atoms with Gasteiger partial charge in [0.2, 0.25) is 5.91 Å². The molecule has 9 heteroatoms. The van der Waals surface area contributed by atoms with E-state index in [2.05, 4.69) is 10.6 Å². The van der Waals surface area contributed by atoms with Crippen LogP contribution in [0, 0.1) is 5.92 Å². The van der Waals surface area contributed by atoms with Crippen LogP contribution in [0.5, 0.6) is 0 Å². The van der Waals surface area contributed by atoms with Crippen LogP contribution >= 0.6 is 0 Å². The highest BCUT2D eigenvalue weighted by Gasteiger charge is 2.49. The van der Waals surface area contributed by atoms with Crippen molar-refractivity contribution in [1.29, 1.82) is 0 Å². The second-order valence-corrected chi connectivity index (χ2v) is 7.42. The number of ketones is 1. The Morgan fingerprint density at radius 3 is 2.20 bits per heavy atom. The number of benzene rings is 1. The van der Waals surface area contributed by atoms with Gasteiger partial charge in [0, 0.05) is 17.2 Å². The van der Waals surface area contributed by atoms with E-state index in [0.29, 0.717) is 24.1 Å². The summed E-state index contributed by atoms with van der Waals surface area (Å²) in [6, 6.07) is 5.54. The quantitative estimate of drug-likeness (QED) is 0.361. The number of imide groups is 1. The van der Waals surface area contributed by atoms with Gasteiger partial charge in [0.15, 0.2) is 12.4 Å². The summed E-state index contributed by atoms with van der Waals surface area (Å²) in [5, 5.41) is 5.33. The van der Waals surface area contributed by atoms with Gasteiger partial charge in [-0.15, -0.1) is 0 Å². The van der Waals surface area contributed by atoms with E-state index in [4.69, 9.17) is 4.74 Å². The maximum absolute atomic E-state index is 12.5. The minimum absolute atomic E-state index is 0.140. The Bertz CT molecular complexity index is 843. The van der Waals surface area contributed by atoms with Gasteiger partial charge in [-0.25, -0.2) is 4.79 Å². The molecule has 1 fully saturated rings. The summed E-state index contributed by atoms with van der Waals surface area (Å²) in [4.78, 5) is 61.3. The van der Waals surface area contributed by atoms with Crippen LogP contribution in [0.4, 0.5) is 10.5 Å². The number of nitrogens with one attached hydrogen (secondary N) is 2. The number of ether oxygens (including phenoxy) is 1. The van der Waals surface area contributed by atoms with Crippen molar-refractivity contribution in [2.24, 2.45) is 5.92 Å². The fraction of sp³-hybridized carbons (Fsp3) is 0.476. The van der Waals surface area contributed by atoms with Gasteiger partial charge in [-0.1, -0.05) is 27.7 Å². The van der Waals surface area contributed by atoms with Crippen molar-refractivity contribution in [1.82, 2.24) is 10.2 Å². The molecule has 0 radical (unpaired) electrons. The lowest BCUT2D eigenvalue weighted by atomic mass is 9.93. The molecule has 1 aromatic carbocycles. The standard InChI is InChI=1S/C21H27N3O6/c1-5-21(6-2)19(28)24(20(29)23-21)11-17(26)30-12-16(25)14-7-9-15(10-8-14)22-18(27)13(3)4/h7-10,13H,5-6,11-12H2,1-4H3,(H,22,27)(H,23,29). The predicted octanol–water partition coefficient (Wildman–Crippen LogP) is 2.12. The Morgan fingerprint density at radius 1 is 1.10 bits per heavy atom. The maximum atomic E-state index is 12.5. The zero-order valence-corrected chi connectivity index (χ0v) is 17.6. The number of hydrogen-bond donors (Lipinski definition) is 2. The van der Waals surface area contributed by atoms with Gasteiger partial charge in [0.05, 0.1) is 0 Å². The summed E-state index contributed by atoms with van der Waals surface area (Å²) < 4.78 is 4.95. The van der Waals surface area contributed by atoms with Crippen LogP contribution in [0.15, 0.2) is 24.3 Å². The molecule has 1 aromatic rings. The third-order valence-corrected chi connectivity index (χ3v) is 5.10. The number of esters is 1. The average Bonchev–Trinajstić information content (AvgIpc) is 2.97. The number of rotatable bonds is 9. The molecule has 0 aliphatic carbocycles. The van der Waals surface area contributed by atoms with Gasteiger partial charge in [-0.05, 0) is 37.1 Å². The number of carbonyl (C=O) groups is 5. The molecule has 2 N–H and O–H groups in total. The van der Waals surface area contributed by atoms with E-state index in [9.17, 15) is 24.0 Å². The van der Waals surface area contributed by atoms with Gasteiger partial charge in [-0.2, -0.15) is 0 Å². The van der Waals surface area contributed by atoms with Crippen LogP contribution in [-0.4, -0.2) is 53.2 Å². The molecule has 1 saturated heterocycles. The van der Waals surface area contributed by atoms with Crippen LogP contribution in [0.2, 0.25) is 0 Å². The van der Waals surface area contributed by atoms with E-state index >= 15 is 0 Å². The topological polar surface area (TPSA) is 122 Å². The molecule has 1 heterocycles. The van der Waals surface area contributed by atoms with Gasteiger partial charge in [-0.3, -0.25) is 24.1 Å². The first kappa shape index (κ1) is 23.1. The van der Waals surface area contributed by atoms with Crippen molar-refractivity contribution in [2.45, 2.75) is 46.1 Å². The molecule has 162 valence electrons. The molecular weight excluding hydrogens is 390 g/mol. The van der Waals surface area contributed by atoms with Crippen LogP contribution in [0.3, 0.4) is 0 Å². The minimum Gasteiger partial charge on any atom is -0.456 e. The molecule has 0 saturated carbocycles. The number of nitrogens with zero attached hydrogens (tertiary/aromatic N) is 1. The predicted molar refractivity (Wildman–Crippen MR) is 109 cm³/mol. The third-order valence-electron chi connectivity index (χ3n) is 5.10. The van der Waals surface area contributed by atoms with E-state index < -0.39 is 42.4 Å². The summed E-state index contributed by atoms with van der Waals surface area (Å²) in [6.45, 7) is 6.02. The SMILES string of the molecule is CCC1(CC)NC(=O)N(CC(=O)OCC(=O)c2ccc(NC(=O)C(C)C)cc2)C1=O. The van der Waals surface area contributed by atoms with E-state index in [-0.39, 0.29) is 11.8 Å². The lowest BCUT2D eigenvalue weighted by Gasteiger charge is -2.22. The number of hydrogen-bond acceptors (Lipinski definition) is 6. The second kappa shape index (κ2) is 9.51. The molecule has 4 amide bonds. The summed E-state index contributed by atoms with van der Waals surface area (Å²) >= 11 is 0. The third kappa shape index (κ3) is 5.03. The van der Waals surface area contributed by atoms with E-state index in [1.54, 1.807) is 39.8 Å². The van der Waals surface area contributed by atoms with Crippen molar-refractivity contribution in [3.63, 3.8) is 0 Å². The lowest BCUT2D eigenvalue weighted by Crippen LogP contribution is -2.46. The smallest absolute Gasteiger partial charge is 0.326 e. The highest BCUT2D eigenvalue weighted by Crippen LogP contribution is 2.24. The zero-order valence-electron chi connectivity index (χ0n) is 17.6. The molecule has 1 aliphatic heterocycles. The van der Waals surface area contributed by atoms with Crippen molar-refractivity contribution >= 4 is 35.3 Å². The Hall–Kier alpha value is -3.23. The van der Waals surface area contributed by atoms with E-state index in [1.807, 2.05) is 0 Å². The first-order valence-corrected chi connectivity index (χ1v) is 9.87. The highest BCUT2D eigenvalue weighted by atomic mass is 16.5. The van der Waals surface area contributed by atoms with Crippen LogP contribution in [-0.2, 0) is 19.1 Å². The molecule has 9 nitrogen and oxygen atoms in total. The van der Waals surface area contributed by atoms with Crippen molar-refractivity contribution in [3.8, 4) is 0 Å². The van der Waals surface area contributed by atoms with Gasteiger partial charge >= 0.3 is 12.0 Å². The summed E-state index contributed by atoms with van der Waals surface area (Å²) in [7, 11) is 0. The summed E-state index contributed by atoms with van der Waals surface area (Å²) in [5.41, 5.74) is -0.146. The first-order valence-electron chi connectivity index (χ1n) is 9.87. The Morgan fingerprint density at radius 2 is 1.70 bits per heavy atom. The fourth-order valence-electron chi connectivity index (χ4n) is 2.98. The number of urea groups is 1. The van der Waals surface area contributed by atoms with Crippen molar-refractivity contribution in [3.05, 3.63) is 29.8 Å². The molecule has 2 rings (SSSR count). The molecule has 0 atom stereocenters. The van der Waals surface area contributed by atoms with Gasteiger partial charge < -0.3 is 15.4 Å². The average molecular weight is 417 g/mol. The van der Waals surface area contributed by atoms with Crippen LogP contribution < -0.4 is 10.6 Å². The normalized spacial score (nSPS) is 15.2. The number of amides is 4. The van der Waals surface area contributed by atoms with E-state index in [0.717, 1.165) is 4.90 Å². The van der Waals surface area contributed by atoms with Gasteiger partial charge in [0.25, 0.3) is 5.91 Å². The first-order chi connectivity index (χ1) is 14.1. The number of anilines is 1. The Labute approximate surface area is 175 Å². The maximum Gasteiger partial charge on any atom is 0.326 e. The molecule has 0 spiro atoms. The summed E-state index contributed by atoms with van der Waals surface area (Å²) in [5.74, 6) is -2.08. The van der Waals surface area contributed by atoms with E-state index in [1.165, 1.54) is 12.1 Å². The van der Waals surface area contributed by atoms with Crippen LogP contribution in [0.1, 0.15) is 50.9 Å². The van der Waals surface area contributed by atoms with Gasteiger partial charge in [0.1, 0.15) is 12.1 Å². The molecule has 0 bridgehead atoms. The molecule has 0 aromatic heterocycles. The fourth-order valence-corrected chi connectivity index (χ4v) is 2.98. The molecular formula is C21H27N3O6. The largest absolute Gasteiger partial charge is 0.456 e. The molecule has 0 unspecified atom stereocenters. The van der Waals surface area contributed by atoms with Crippen molar-refractivity contribution in [2.75, 3.05) is 18.5 Å². The molecule has 30 heavy (non-hydrogen) atoms.